The molecule has 0 spiro atoms. The Bertz CT molecular complexity index is 412. The third-order valence-electron chi connectivity index (χ3n) is 2.74. The van der Waals surface area contributed by atoms with Crippen LogP contribution in [-0.4, -0.2) is 29.1 Å². The zero-order valence-corrected chi connectivity index (χ0v) is 9.12. The lowest BCUT2D eigenvalue weighted by atomic mass is 9.80. The van der Waals surface area contributed by atoms with Gasteiger partial charge in [0.25, 0.3) is 0 Å². The van der Waals surface area contributed by atoms with Crippen LogP contribution in [-0.2, 0) is 0 Å². The monoisotopic (exact) mass is 215 g/mol. The van der Waals surface area contributed by atoms with E-state index in [1.165, 1.54) is 0 Å². The van der Waals surface area contributed by atoms with Gasteiger partial charge < -0.3 is 14.9 Å². The maximum Gasteiger partial charge on any atom is 0.488 e. The number of hydrogen-bond acceptors (Lipinski definition) is 3. The predicted octanol–water partition coefficient (Wildman–Crippen LogP) is 0.423. The zero-order valence-electron chi connectivity index (χ0n) is 9.12. The predicted molar refractivity (Wildman–Crippen MR) is 65.1 cm³/mol. The summed E-state index contributed by atoms with van der Waals surface area (Å²) in [4.78, 5) is 2.10. The zero-order chi connectivity index (χ0) is 11.5. The highest BCUT2D eigenvalue weighted by atomic mass is 16.4. The molecule has 1 aliphatic heterocycles. The standard InChI is InChI=1S/C12H14BNO2/c1-14-9-3-2-4-12(14)10-5-7-11(8-6-10)13(15)16/h2-9,12,15-16H,1H3. The molecule has 0 aromatic heterocycles. The number of rotatable bonds is 2. The largest absolute Gasteiger partial charge is 0.488 e. The average Bonchev–Trinajstić information content (AvgIpc) is 2.30. The number of allylic oxidation sites excluding steroid dienone is 2. The van der Waals surface area contributed by atoms with Crippen molar-refractivity contribution >= 4 is 12.6 Å². The molecule has 4 heteroatoms. The molecule has 0 bridgehead atoms. The van der Waals surface area contributed by atoms with Gasteiger partial charge in [-0.15, -0.1) is 0 Å². The molecular weight excluding hydrogens is 201 g/mol. The molecule has 82 valence electrons. The van der Waals surface area contributed by atoms with Crippen LogP contribution in [0.1, 0.15) is 11.6 Å². The first kappa shape index (κ1) is 11.0. The van der Waals surface area contributed by atoms with Crippen molar-refractivity contribution in [1.29, 1.82) is 0 Å². The summed E-state index contributed by atoms with van der Waals surface area (Å²) in [5.41, 5.74) is 1.65. The molecule has 1 aliphatic rings. The van der Waals surface area contributed by atoms with Gasteiger partial charge in [0, 0.05) is 7.05 Å². The lowest BCUT2D eigenvalue weighted by molar-refractivity contribution is 0.390. The highest BCUT2D eigenvalue weighted by Gasteiger charge is 2.15. The third kappa shape index (κ3) is 2.18. The summed E-state index contributed by atoms with van der Waals surface area (Å²) >= 11 is 0. The molecule has 1 atom stereocenters. The van der Waals surface area contributed by atoms with E-state index in [9.17, 15) is 0 Å². The maximum atomic E-state index is 9.00. The topological polar surface area (TPSA) is 43.7 Å². The SMILES string of the molecule is CN1C=CC=CC1c1ccc(B(O)O)cc1. The van der Waals surface area contributed by atoms with Crippen molar-refractivity contribution in [2.45, 2.75) is 6.04 Å². The molecule has 0 amide bonds. The second-order valence-electron chi connectivity index (χ2n) is 3.88. The highest BCUT2D eigenvalue weighted by Crippen LogP contribution is 2.22. The van der Waals surface area contributed by atoms with E-state index in [1.54, 1.807) is 12.1 Å². The van der Waals surface area contributed by atoms with E-state index in [0.29, 0.717) is 5.46 Å². The molecule has 2 rings (SSSR count). The summed E-state index contributed by atoms with van der Waals surface area (Å²) in [6.45, 7) is 0. The molecule has 16 heavy (non-hydrogen) atoms. The quantitative estimate of drug-likeness (QED) is 0.703. The molecule has 0 saturated carbocycles. The normalized spacial score (nSPS) is 18.9. The Balaban J connectivity index is 2.21. The summed E-state index contributed by atoms with van der Waals surface area (Å²) in [7, 11) is 0.619. The van der Waals surface area contributed by atoms with Crippen molar-refractivity contribution in [2.24, 2.45) is 0 Å². The minimum atomic E-state index is -1.39. The van der Waals surface area contributed by atoms with Crippen LogP contribution in [0, 0.1) is 0 Å². The number of hydrogen-bond donors (Lipinski definition) is 2. The van der Waals surface area contributed by atoms with Gasteiger partial charge in [0.2, 0.25) is 0 Å². The molecule has 0 fully saturated rings. The van der Waals surface area contributed by atoms with Crippen molar-refractivity contribution in [2.75, 3.05) is 7.05 Å². The lowest BCUT2D eigenvalue weighted by Crippen LogP contribution is -2.30. The van der Waals surface area contributed by atoms with Crippen LogP contribution >= 0.6 is 0 Å². The van der Waals surface area contributed by atoms with Crippen LogP contribution in [0.3, 0.4) is 0 Å². The van der Waals surface area contributed by atoms with Crippen LogP contribution in [0.2, 0.25) is 0 Å². The van der Waals surface area contributed by atoms with Gasteiger partial charge in [-0.2, -0.15) is 0 Å². The Morgan fingerprint density at radius 1 is 1.12 bits per heavy atom. The Morgan fingerprint density at radius 3 is 2.38 bits per heavy atom. The van der Waals surface area contributed by atoms with Gasteiger partial charge in [-0.1, -0.05) is 36.4 Å². The molecule has 0 radical (unpaired) electrons. The maximum absolute atomic E-state index is 9.00. The van der Waals surface area contributed by atoms with Crippen LogP contribution < -0.4 is 5.46 Å². The van der Waals surface area contributed by atoms with Crippen LogP contribution in [0.25, 0.3) is 0 Å². The van der Waals surface area contributed by atoms with E-state index >= 15 is 0 Å². The Hall–Kier alpha value is -1.52. The van der Waals surface area contributed by atoms with Crippen molar-refractivity contribution in [3.05, 3.63) is 54.3 Å². The van der Waals surface area contributed by atoms with E-state index in [1.807, 2.05) is 37.5 Å². The minimum absolute atomic E-state index is 0.217. The molecular formula is C12H14BNO2. The lowest BCUT2D eigenvalue weighted by Gasteiger charge is -2.26. The van der Waals surface area contributed by atoms with Crippen molar-refractivity contribution < 1.29 is 10.0 Å². The number of nitrogens with zero attached hydrogens (tertiary/aromatic N) is 1. The van der Waals surface area contributed by atoms with Crippen LogP contribution in [0.4, 0.5) is 0 Å². The van der Waals surface area contributed by atoms with Gasteiger partial charge in [0.05, 0.1) is 6.04 Å². The van der Waals surface area contributed by atoms with Crippen molar-refractivity contribution in [1.82, 2.24) is 4.90 Å². The van der Waals surface area contributed by atoms with Crippen LogP contribution in [0.15, 0.2) is 48.7 Å². The Labute approximate surface area is 95.5 Å². The summed E-state index contributed by atoms with van der Waals surface area (Å²) in [5, 5.41) is 18.0. The third-order valence-corrected chi connectivity index (χ3v) is 2.74. The fourth-order valence-corrected chi connectivity index (χ4v) is 1.79. The molecule has 3 nitrogen and oxygen atoms in total. The van der Waals surface area contributed by atoms with E-state index in [0.717, 1.165) is 5.56 Å². The first-order valence-electron chi connectivity index (χ1n) is 5.21. The molecule has 0 aliphatic carbocycles. The average molecular weight is 215 g/mol. The van der Waals surface area contributed by atoms with E-state index < -0.39 is 7.12 Å². The first-order valence-corrected chi connectivity index (χ1v) is 5.21. The molecule has 1 heterocycles. The summed E-state index contributed by atoms with van der Waals surface area (Å²) in [6.07, 6.45) is 8.12. The number of likely N-dealkylation sites (N-methyl/N-ethyl adjacent to an activating group) is 1. The van der Waals surface area contributed by atoms with E-state index in [4.69, 9.17) is 10.0 Å². The van der Waals surface area contributed by atoms with E-state index in [2.05, 4.69) is 11.0 Å². The minimum Gasteiger partial charge on any atom is -0.423 e. The van der Waals surface area contributed by atoms with Crippen molar-refractivity contribution in [3.8, 4) is 0 Å². The Kier molecular flexibility index (Phi) is 3.13. The molecule has 2 N–H and O–H groups in total. The molecule has 1 aromatic rings. The van der Waals surface area contributed by atoms with Crippen LogP contribution in [0.5, 0.6) is 0 Å². The molecule has 1 unspecified atom stereocenters. The number of benzene rings is 1. The highest BCUT2D eigenvalue weighted by molar-refractivity contribution is 6.58. The van der Waals surface area contributed by atoms with Gasteiger partial charge in [0.15, 0.2) is 0 Å². The second kappa shape index (κ2) is 4.55. The van der Waals surface area contributed by atoms with Gasteiger partial charge in [-0.3, -0.25) is 0 Å². The van der Waals surface area contributed by atoms with E-state index in [-0.39, 0.29) is 6.04 Å². The summed E-state index contributed by atoms with van der Waals surface area (Å²) in [6, 6.07) is 7.52. The summed E-state index contributed by atoms with van der Waals surface area (Å²) < 4.78 is 0. The Morgan fingerprint density at radius 2 is 1.81 bits per heavy atom. The second-order valence-corrected chi connectivity index (χ2v) is 3.88. The molecule has 1 aromatic carbocycles. The molecule has 0 saturated heterocycles. The van der Waals surface area contributed by atoms with Gasteiger partial charge in [-0.25, -0.2) is 0 Å². The van der Waals surface area contributed by atoms with Gasteiger partial charge >= 0.3 is 7.12 Å². The van der Waals surface area contributed by atoms with Gasteiger partial charge in [0.1, 0.15) is 0 Å². The fraction of sp³-hybridized carbons (Fsp3) is 0.167. The van der Waals surface area contributed by atoms with Crippen molar-refractivity contribution in [3.63, 3.8) is 0 Å². The smallest absolute Gasteiger partial charge is 0.423 e. The summed E-state index contributed by atoms with van der Waals surface area (Å²) in [5.74, 6) is 0. The fourth-order valence-electron chi connectivity index (χ4n) is 1.79. The van der Waals surface area contributed by atoms with Gasteiger partial charge in [-0.05, 0) is 23.3 Å². The first-order chi connectivity index (χ1) is 7.68.